The van der Waals surface area contributed by atoms with E-state index in [-0.39, 0.29) is 0 Å². The number of rotatable bonds is 2. The maximum atomic E-state index is 4.02. The van der Waals surface area contributed by atoms with Crippen LogP contribution >= 0.6 is 11.3 Å². The molecule has 0 saturated carbocycles. The lowest BCUT2D eigenvalue weighted by Gasteiger charge is -2.24. The van der Waals surface area contributed by atoms with Gasteiger partial charge in [0, 0.05) is 6.04 Å². The summed E-state index contributed by atoms with van der Waals surface area (Å²) in [5.74, 6) is 0. The van der Waals surface area contributed by atoms with E-state index in [1.54, 1.807) is 16.8 Å². The van der Waals surface area contributed by atoms with E-state index in [1.807, 2.05) is 0 Å². The Morgan fingerprint density at radius 1 is 1.25 bits per heavy atom. The van der Waals surface area contributed by atoms with E-state index in [0.717, 1.165) is 18.0 Å². The molecule has 0 saturated heterocycles. The molecule has 1 aliphatic carbocycles. The zero-order valence-corrected chi connectivity index (χ0v) is 9.70. The summed E-state index contributed by atoms with van der Waals surface area (Å²) < 4.78 is 0. The molecule has 3 rings (SSSR count). The van der Waals surface area contributed by atoms with Gasteiger partial charge in [0.15, 0.2) is 0 Å². The lowest BCUT2D eigenvalue weighted by atomic mass is 9.88. The summed E-state index contributed by atoms with van der Waals surface area (Å²) >= 11 is 1.56. The second kappa shape index (κ2) is 4.22. The summed E-state index contributed by atoms with van der Waals surface area (Å²) in [7, 11) is 0. The Labute approximate surface area is 98.5 Å². The molecule has 0 spiro atoms. The molecule has 0 fully saturated rings. The van der Waals surface area contributed by atoms with Gasteiger partial charge < -0.3 is 5.32 Å². The quantitative estimate of drug-likeness (QED) is 0.863. The number of nitrogens with one attached hydrogen (secondary N) is 1. The molecule has 1 unspecified atom stereocenters. The third-order valence-corrected chi connectivity index (χ3v) is 3.66. The zero-order valence-electron chi connectivity index (χ0n) is 8.89. The van der Waals surface area contributed by atoms with Gasteiger partial charge in [0.05, 0.1) is 0 Å². The van der Waals surface area contributed by atoms with E-state index in [0.29, 0.717) is 6.04 Å². The molecular formula is C12H13N3S. The molecule has 82 valence electrons. The molecule has 16 heavy (non-hydrogen) atoms. The first-order valence-electron chi connectivity index (χ1n) is 5.51. The largest absolute Gasteiger partial charge is 0.357 e. The highest BCUT2D eigenvalue weighted by atomic mass is 32.1. The van der Waals surface area contributed by atoms with Crippen molar-refractivity contribution in [2.45, 2.75) is 25.3 Å². The van der Waals surface area contributed by atoms with E-state index >= 15 is 0 Å². The molecular weight excluding hydrogens is 218 g/mol. The summed E-state index contributed by atoms with van der Waals surface area (Å²) in [4.78, 5) is 0. The minimum Gasteiger partial charge on any atom is -0.357 e. The molecule has 0 aliphatic heterocycles. The van der Waals surface area contributed by atoms with Crippen molar-refractivity contribution in [1.29, 1.82) is 0 Å². The minimum atomic E-state index is 0.503. The van der Waals surface area contributed by atoms with Gasteiger partial charge in [0.2, 0.25) is 5.13 Å². The zero-order chi connectivity index (χ0) is 10.8. The van der Waals surface area contributed by atoms with Crippen LogP contribution in [0.5, 0.6) is 0 Å². The number of nitrogens with zero attached hydrogens (tertiary/aromatic N) is 2. The number of hydrogen-bond donors (Lipinski definition) is 1. The fourth-order valence-electron chi connectivity index (χ4n) is 2.23. The third-order valence-electron chi connectivity index (χ3n) is 3.03. The van der Waals surface area contributed by atoms with Crippen LogP contribution in [-0.2, 0) is 12.8 Å². The highest BCUT2D eigenvalue weighted by Crippen LogP contribution is 2.23. The minimum absolute atomic E-state index is 0.503. The van der Waals surface area contributed by atoms with E-state index in [9.17, 15) is 0 Å². The lowest BCUT2D eigenvalue weighted by Crippen LogP contribution is -2.27. The summed E-state index contributed by atoms with van der Waals surface area (Å²) in [6.07, 6.45) is 3.43. The number of hydrogen-bond acceptors (Lipinski definition) is 4. The summed E-state index contributed by atoms with van der Waals surface area (Å²) in [5.41, 5.74) is 4.73. The van der Waals surface area contributed by atoms with Gasteiger partial charge in [-0.3, -0.25) is 0 Å². The predicted octanol–water partition coefficient (Wildman–Crippen LogP) is 2.51. The molecule has 4 heteroatoms. The van der Waals surface area contributed by atoms with E-state index in [1.165, 1.54) is 17.5 Å². The molecule has 0 amide bonds. The Kier molecular flexibility index (Phi) is 2.58. The second-order valence-corrected chi connectivity index (χ2v) is 4.93. The average molecular weight is 231 g/mol. The van der Waals surface area contributed by atoms with Crippen LogP contribution in [-0.4, -0.2) is 16.2 Å². The number of aromatic nitrogens is 2. The number of benzene rings is 1. The van der Waals surface area contributed by atoms with Gasteiger partial charge in [0.1, 0.15) is 5.51 Å². The number of fused-ring (bicyclic) bond motifs is 1. The SMILES string of the molecule is c1ccc2c(c1)CCC(Nc1nncs1)C2. The lowest BCUT2D eigenvalue weighted by molar-refractivity contribution is 0.609. The Bertz CT molecular complexity index is 467. The fraction of sp³-hybridized carbons (Fsp3) is 0.333. The molecule has 2 aromatic rings. The van der Waals surface area contributed by atoms with Crippen LogP contribution in [0.2, 0.25) is 0 Å². The van der Waals surface area contributed by atoms with Crippen LogP contribution in [0.3, 0.4) is 0 Å². The maximum absolute atomic E-state index is 4.02. The van der Waals surface area contributed by atoms with Crippen molar-refractivity contribution in [1.82, 2.24) is 10.2 Å². The molecule has 1 aromatic carbocycles. The molecule has 0 bridgehead atoms. The van der Waals surface area contributed by atoms with Gasteiger partial charge in [-0.15, -0.1) is 10.2 Å². The highest BCUT2D eigenvalue weighted by Gasteiger charge is 2.18. The van der Waals surface area contributed by atoms with Crippen LogP contribution in [0, 0.1) is 0 Å². The smallest absolute Gasteiger partial charge is 0.205 e. The highest BCUT2D eigenvalue weighted by molar-refractivity contribution is 7.13. The monoisotopic (exact) mass is 231 g/mol. The van der Waals surface area contributed by atoms with Gasteiger partial charge in [-0.25, -0.2) is 0 Å². The normalized spacial score (nSPS) is 19.1. The van der Waals surface area contributed by atoms with E-state index < -0.39 is 0 Å². The van der Waals surface area contributed by atoms with Crippen LogP contribution in [0.25, 0.3) is 0 Å². The summed E-state index contributed by atoms with van der Waals surface area (Å²) in [6, 6.07) is 9.20. The summed E-state index contributed by atoms with van der Waals surface area (Å²) in [5, 5.41) is 12.2. The van der Waals surface area contributed by atoms with Gasteiger partial charge in [0.25, 0.3) is 0 Å². The second-order valence-electron chi connectivity index (χ2n) is 4.10. The first-order chi connectivity index (χ1) is 7.92. The molecule has 1 N–H and O–H groups in total. The average Bonchev–Trinajstić information content (AvgIpc) is 2.82. The van der Waals surface area contributed by atoms with E-state index in [2.05, 4.69) is 39.8 Å². The molecule has 1 heterocycles. The molecule has 1 atom stereocenters. The number of anilines is 1. The Balaban J connectivity index is 1.73. The van der Waals surface area contributed by atoms with Crippen molar-refractivity contribution in [2.75, 3.05) is 5.32 Å². The Morgan fingerprint density at radius 3 is 2.94 bits per heavy atom. The van der Waals surface area contributed by atoms with Crippen molar-refractivity contribution in [2.24, 2.45) is 0 Å². The molecule has 1 aromatic heterocycles. The predicted molar refractivity (Wildman–Crippen MR) is 65.8 cm³/mol. The van der Waals surface area contributed by atoms with Gasteiger partial charge in [-0.1, -0.05) is 35.6 Å². The Hall–Kier alpha value is -1.42. The van der Waals surface area contributed by atoms with Gasteiger partial charge >= 0.3 is 0 Å². The van der Waals surface area contributed by atoms with Crippen molar-refractivity contribution in [3.05, 3.63) is 40.9 Å². The molecule has 0 radical (unpaired) electrons. The maximum Gasteiger partial charge on any atom is 0.205 e. The number of aryl methyl sites for hydroxylation is 1. The van der Waals surface area contributed by atoms with Gasteiger partial charge in [-0.05, 0) is 30.4 Å². The van der Waals surface area contributed by atoms with Gasteiger partial charge in [-0.2, -0.15) is 0 Å². The van der Waals surface area contributed by atoms with Crippen molar-refractivity contribution in [3.63, 3.8) is 0 Å². The topological polar surface area (TPSA) is 37.8 Å². The van der Waals surface area contributed by atoms with Crippen molar-refractivity contribution < 1.29 is 0 Å². The third kappa shape index (κ3) is 1.93. The Morgan fingerprint density at radius 2 is 2.12 bits per heavy atom. The standard InChI is InChI=1S/C12H13N3S/c1-2-4-10-7-11(6-5-9(10)3-1)14-12-15-13-8-16-12/h1-4,8,11H,5-7H2,(H,14,15). The van der Waals surface area contributed by atoms with Crippen molar-refractivity contribution in [3.8, 4) is 0 Å². The first kappa shape index (κ1) is 9.78. The van der Waals surface area contributed by atoms with E-state index in [4.69, 9.17) is 0 Å². The van der Waals surface area contributed by atoms with Crippen LogP contribution in [0.1, 0.15) is 17.5 Å². The molecule has 1 aliphatic rings. The summed E-state index contributed by atoms with van der Waals surface area (Å²) in [6.45, 7) is 0. The molecule has 3 nitrogen and oxygen atoms in total. The van der Waals surface area contributed by atoms with Crippen LogP contribution < -0.4 is 5.32 Å². The van der Waals surface area contributed by atoms with Crippen LogP contribution in [0.4, 0.5) is 5.13 Å². The first-order valence-corrected chi connectivity index (χ1v) is 6.39. The fourth-order valence-corrected chi connectivity index (χ4v) is 2.75. The van der Waals surface area contributed by atoms with Crippen molar-refractivity contribution >= 4 is 16.5 Å². The van der Waals surface area contributed by atoms with Crippen LogP contribution in [0.15, 0.2) is 29.8 Å².